The highest BCUT2D eigenvalue weighted by Crippen LogP contribution is 2.41. The van der Waals surface area contributed by atoms with Crippen LogP contribution in [0.5, 0.6) is 0 Å². The molecule has 0 bridgehead atoms. The van der Waals surface area contributed by atoms with E-state index in [4.69, 9.17) is 4.74 Å². The van der Waals surface area contributed by atoms with Gasteiger partial charge in [0, 0.05) is 13.1 Å². The van der Waals surface area contributed by atoms with Crippen molar-refractivity contribution in [1.82, 2.24) is 10.2 Å². The maximum atomic E-state index is 14.1. The van der Waals surface area contributed by atoms with Crippen molar-refractivity contribution in [3.63, 3.8) is 0 Å². The van der Waals surface area contributed by atoms with Crippen LogP contribution < -0.4 is 5.32 Å². The van der Waals surface area contributed by atoms with Crippen molar-refractivity contribution in [2.24, 2.45) is 0 Å². The van der Waals surface area contributed by atoms with Crippen LogP contribution in [0.15, 0.2) is 34.9 Å². The van der Waals surface area contributed by atoms with Crippen LogP contribution in [0, 0.1) is 0 Å². The van der Waals surface area contributed by atoms with E-state index in [0.717, 1.165) is 69.7 Å². The van der Waals surface area contributed by atoms with Crippen molar-refractivity contribution in [2.75, 3.05) is 32.8 Å². The quantitative estimate of drug-likeness (QED) is 0.732. The van der Waals surface area contributed by atoms with Gasteiger partial charge in [0.2, 0.25) is 0 Å². The molecule has 1 amide bonds. The molecular weight excluding hydrogens is 381 g/mol. The van der Waals surface area contributed by atoms with E-state index < -0.39 is 17.7 Å². The van der Waals surface area contributed by atoms with Crippen LogP contribution in [0.4, 0.5) is 13.2 Å². The van der Waals surface area contributed by atoms with Crippen molar-refractivity contribution in [3.05, 3.63) is 34.9 Å². The van der Waals surface area contributed by atoms with Crippen LogP contribution in [-0.2, 0) is 9.53 Å². The molecule has 7 heteroatoms. The molecule has 1 saturated heterocycles. The molecule has 2 heterocycles. The Morgan fingerprint density at radius 1 is 1.21 bits per heavy atom. The molecule has 29 heavy (non-hydrogen) atoms. The zero-order valence-electron chi connectivity index (χ0n) is 17.1. The van der Waals surface area contributed by atoms with Gasteiger partial charge in [-0.2, -0.15) is 13.2 Å². The molecule has 0 radical (unpaired) electrons. The van der Waals surface area contributed by atoms with Crippen molar-refractivity contribution in [2.45, 2.75) is 63.6 Å². The van der Waals surface area contributed by atoms with Crippen LogP contribution in [0.3, 0.4) is 0 Å². The Morgan fingerprint density at radius 3 is 2.52 bits per heavy atom. The number of ether oxygens (including phenoxy) is 1. The summed E-state index contributed by atoms with van der Waals surface area (Å²) in [5, 5.41) is 2.47. The Hall–Kier alpha value is -1.60. The Morgan fingerprint density at radius 2 is 1.90 bits per heavy atom. The highest BCUT2D eigenvalue weighted by Gasteiger charge is 2.61. The molecule has 0 aromatic rings. The second-order valence-electron chi connectivity index (χ2n) is 8.10. The molecular formula is C22H31F3N2O2. The second kappa shape index (κ2) is 9.47. The van der Waals surface area contributed by atoms with Gasteiger partial charge >= 0.3 is 6.18 Å². The summed E-state index contributed by atoms with van der Waals surface area (Å²) in [4.78, 5) is 14.9. The van der Waals surface area contributed by atoms with Crippen molar-refractivity contribution >= 4 is 5.91 Å². The standard InChI is InChI=1S/C22H31F3N2O2/c1-2-18-16-29-21(22(23,24)25,15-19(18)14-17-8-4-3-5-9-17)20(28)26-10-13-27-11-6-7-12-27/h2,14-15H,3-13,16H2,1H3,(H,26,28). The van der Waals surface area contributed by atoms with Crippen molar-refractivity contribution in [1.29, 1.82) is 0 Å². The third-order valence-corrected chi connectivity index (χ3v) is 6.06. The summed E-state index contributed by atoms with van der Waals surface area (Å²) in [6, 6.07) is 0. The normalized spacial score (nSPS) is 27.8. The molecule has 1 unspecified atom stereocenters. The minimum absolute atomic E-state index is 0.181. The maximum Gasteiger partial charge on any atom is 0.430 e. The summed E-state index contributed by atoms with van der Waals surface area (Å²) >= 11 is 0. The summed E-state index contributed by atoms with van der Waals surface area (Å²) in [5.41, 5.74) is -0.643. The first-order valence-corrected chi connectivity index (χ1v) is 10.6. The molecule has 1 saturated carbocycles. The zero-order chi connectivity index (χ0) is 20.9. The van der Waals surface area contributed by atoms with E-state index in [2.05, 4.69) is 10.2 Å². The van der Waals surface area contributed by atoms with E-state index in [0.29, 0.717) is 17.7 Å². The minimum atomic E-state index is -4.83. The summed E-state index contributed by atoms with van der Waals surface area (Å²) in [6.45, 7) is 4.15. The fourth-order valence-corrected chi connectivity index (χ4v) is 4.27. The highest BCUT2D eigenvalue weighted by atomic mass is 19.4. The van der Waals surface area contributed by atoms with Gasteiger partial charge in [-0.3, -0.25) is 4.79 Å². The largest absolute Gasteiger partial charge is 0.430 e. The average molecular weight is 412 g/mol. The zero-order valence-corrected chi connectivity index (χ0v) is 17.1. The number of allylic oxidation sites excluding steroid dienone is 3. The molecule has 0 spiro atoms. The molecule has 2 aliphatic heterocycles. The number of amides is 1. The number of hydrogen-bond donors (Lipinski definition) is 1. The predicted molar refractivity (Wildman–Crippen MR) is 106 cm³/mol. The number of halogens is 3. The molecule has 1 aliphatic carbocycles. The Labute approximate surface area is 170 Å². The molecule has 3 aliphatic rings. The fraction of sp³-hybridized carbons (Fsp3) is 0.682. The number of rotatable bonds is 5. The van der Waals surface area contributed by atoms with Crippen LogP contribution >= 0.6 is 0 Å². The molecule has 1 N–H and O–H groups in total. The van der Waals surface area contributed by atoms with E-state index in [1.165, 1.54) is 0 Å². The molecule has 3 rings (SSSR count). The van der Waals surface area contributed by atoms with Crippen molar-refractivity contribution < 1.29 is 22.7 Å². The third kappa shape index (κ3) is 5.12. The monoisotopic (exact) mass is 412 g/mol. The smallest absolute Gasteiger partial charge is 0.352 e. The predicted octanol–water partition coefficient (Wildman–Crippen LogP) is 4.29. The minimum Gasteiger partial charge on any atom is -0.352 e. The van der Waals surface area contributed by atoms with Gasteiger partial charge in [-0.1, -0.05) is 24.1 Å². The molecule has 0 aromatic carbocycles. The van der Waals surface area contributed by atoms with Gasteiger partial charge in [0.05, 0.1) is 6.61 Å². The SMILES string of the molecule is CC=C1COC(C(=O)NCCN2CCCC2)(C(F)(F)F)C=C1C=C1CCCCC1. The van der Waals surface area contributed by atoms with Gasteiger partial charge in [0.1, 0.15) is 0 Å². The first-order valence-electron chi connectivity index (χ1n) is 10.6. The lowest BCUT2D eigenvalue weighted by Gasteiger charge is -2.36. The van der Waals surface area contributed by atoms with Gasteiger partial charge in [-0.25, -0.2) is 0 Å². The lowest BCUT2D eigenvalue weighted by atomic mass is 9.87. The summed E-state index contributed by atoms with van der Waals surface area (Å²) < 4.78 is 47.4. The number of carbonyl (C=O) groups excluding carboxylic acids is 1. The maximum absolute atomic E-state index is 14.1. The fourth-order valence-electron chi connectivity index (χ4n) is 4.27. The molecule has 4 nitrogen and oxygen atoms in total. The average Bonchev–Trinajstić information content (AvgIpc) is 3.21. The number of likely N-dealkylation sites (tertiary alicyclic amines) is 1. The van der Waals surface area contributed by atoms with Gasteiger partial charge in [-0.05, 0) is 75.8 Å². The topological polar surface area (TPSA) is 41.6 Å². The van der Waals surface area contributed by atoms with Crippen LogP contribution in [0.1, 0.15) is 51.9 Å². The highest BCUT2D eigenvalue weighted by molar-refractivity contribution is 5.89. The Bertz CT molecular complexity index is 683. The van der Waals surface area contributed by atoms with Crippen LogP contribution in [0.25, 0.3) is 0 Å². The number of carbonyl (C=O) groups is 1. The Balaban J connectivity index is 1.82. The number of nitrogens with zero attached hydrogens (tertiary/aromatic N) is 1. The number of alkyl halides is 3. The van der Waals surface area contributed by atoms with Crippen molar-refractivity contribution in [3.8, 4) is 0 Å². The molecule has 2 fully saturated rings. The first-order chi connectivity index (χ1) is 13.9. The first kappa shape index (κ1) is 22.1. The van der Waals surface area contributed by atoms with E-state index in [9.17, 15) is 18.0 Å². The molecule has 1 atom stereocenters. The lowest BCUT2D eigenvalue weighted by molar-refractivity contribution is -0.249. The Kier molecular flexibility index (Phi) is 7.22. The molecule has 0 aromatic heterocycles. The number of hydrogen-bond acceptors (Lipinski definition) is 3. The lowest BCUT2D eigenvalue weighted by Crippen LogP contribution is -2.59. The van der Waals surface area contributed by atoms with E-state index in [1.54, 1.807) is 13.0 Å². The van der Waals surface area contributed by atoms with E-state index in [1.807, 2.05) is 6.08 Å². The van der Waals surface area contributed by atoms with Crippen LogP contribution in [0.2, 0.25) is 0 Å². The summed E-state index contributed by atoms with van der Waals surface area (Å²) in [6.07, 6.45) is 7.01. The summed E-state index contributed by atoms with van der Waals surface area (Å²) in [7, 11) is 0. The van der Waals surface area contributed by atoms with Gasteiger partial charge in [-0.15, -0.1) is 0 Å². The third-order valence-electron chi connectivity index (χ3n) is 6.06. The van der Waals surface area contributed by atoms with Gasteiger partial charge in [0.15, 0.2) is 0 Å². The van der Waals surface area contributed by atoms with Gasteiger partial charge < -0.3 is 15.0 Å². The second-order valence-corrected chi connectivity index (χ2v) is 8.10. The number of nitrogens with one attached hydrogen (secondary N) is 1. The van der Waals surface area contributed by atoms with E-state index >= 15 is 0 Å². The van der Waals surface area contributed by atoms with Gasteiger partial charge in [0.25, 0.3) is 11.5 Å². The summed E-state index contributed by atoms with van der Waals surface area (Å²) in [5.74, 6) is -1.13. The van der Waals surface area contributed by atoms with Crippen LogP contribution in [-0.4, -0.2) is 55.4 Å². The molecule has 162 valence electrons. The van der Waals surface area contributed by atoms with E-state index in [-0.39, 0.29) is 13.2 Å².